The number of ether oxygens (including phenoxy) is 1. The van der Waals surface area contributed by atoms with E-state index < -0.39 is 0 Å². The number of carbonyl (C=O) groups excluding carboxylic acids is 1. The fourth-order valence-corrected chi connectivity index (χ4v) is 5.46. The topological polar surface area (TPSA) is 73.6 Å². The maximum Gasteiger partial charge on any atom is 0.182 e. The minimum absolute atomic E-state index is 0. The van der Waals surface area contributed by atoms with E-state index in [-0.39, 0.29) is 57.7 Å². The van der Waals surface area contributed by atoms with Crippen LogP contribution in [0.4, 0.5) is 0 Å². The van der Waals surface area contributed by atoms with Crippen molar-refractivity contribution in [3.63, 3.8) is 0 Å². The monoisotopic (exact) mass is 592 g/mol. The van der Waals surface area contributed by atoms with Crippen LogP contribution < -0.4 is 4.74 Å². The van der Waals surface area contributed by atoms with E-state index in [1.54, 1.807) is 7.11 Å². The van der Waals surface area contributed by atoms with Gasteiger partial charge in [-0.1, -0.05) is 72.6 Å². The van der Waals surface area contributed by atoms with Gasteiger partial charge in [0, 0.05) is 29.2 Å². The third-order valence-electron chi connectivity index (χ3n) is 7.14. The SMILES string of the molecule is Br.CCC[C@H]1CN(CC(=O)c2cc(C(C)(C)C)c(O)c(C(C)(C)C)c2)C(=N)[C@@H]1c1ccc(OC)c(Cl)c1. The average Bonchev–Trinajstić information content (AvgIpc) is 3.07. The summed E-state index contributed by atoms with van der Waals surface area (Å²) in [4.78, 5) is 15.5. The van der Waals surface area contributed by atoms with Gasteiger partial charge in [-0.05, 0) is 53.0 Å². The summed E-state index contributed by atoms with van der Waals surface area (Å²) in [6, 6.07) is 9.37. The molecule has 1 aliphatic heterocycles. The second kappa shape index (κ2) is 11.8. The number of methoxy groups -OCH3 is 1. The van der Waals surface area contributed by atoms with Crippen LogP contribution in [0.25, 0.3) is 0 Å². The van der Waals surface area contributed by atoms with E-state index in [1.807, 2.05) is 76.8 Å². The second-order valence-corrected chi connectivity index (χ2v) is 12.4. The van der Waals surface area contributed by atoms with Crippen molar-refractivity contribution in [2.24, 2.45) is 5.92 Å². The average molecular weight is 594 g/mol. The molecule has 0 amide bonds. The Morgan fingerprint density at radius 2 is 1.68 bits per heavy atom. The minimum Gasteiger partial charge on any atom is -0.507 e. The lowest BCUT2D eigenvalue weighted by molar-refractivity contribution is 0.0963. The number of nitrogens with one attached hydrogen (secondary N) is 1. The second-order valence-electron chi connectivity index (χ2n) is 12.0. The summed E-state index contributed by atoms with van der Waals surface area (Å²) < 4.78 is 5.30. The van der Waals surface area contributed by atoms with E-state index >= 15 is 0 Å². The molecule has 0 bridgehead atoms. The van der Waals surface area contributed by atoms with Crippen molar-refractivity contribution in [1.82, 2.24) is 4.90 Å². The zero-order valence-electron chi connectivity index (χ0n) is 23.4. The molecule has 2 atom stereocenters. The lowest BCUT2D eigenvalue weighted by Gasteiger charge is -2.28. The summed E-state index contributed by atoms with van der Waals surface area (Å²) in [6.07, 6.45) is 1.96. The maximum atomic E-state index is 13.6. The molecule has 0 aromatic heterocycles. The lowest BCUT2D eigenvalue weighted by atomic mass is 9.78. The molecule has 1 aliphatic rings. The van der Waals surface area contributed by atoms with E-state index in [0.29, 0.717) is 28.7 Å². The molecule has 5 nitrogen and oxygen atoms in total. The van der Waals surface area contributed by atoms with E-state index in [0.717, 1.165) is 29.5 Å². The Kier molecular flexibility index (Phi) is 9.92. The van der Waals surface area contributed by atoms with E-state index in [9.17, 15) is 9.90 Å². The maximum absolute atomic E-state index is 13.6. The molecule has 0 aliphatic carbocycles. The molecule has 3 rings (SSSR count). The lowest BCUT2D eigenvalue weighted by Crippen LogP contribution is -2.32. The first kappa shape index (κ1) is 31.2. The molecule has 0 unspecified atom stereocenters. The highest BCUT2D eigenvalue weighted by Crippen LogP contribution is 2.41. The number of hydrogen-bond donors (Lipinski definition) is 2. The summed E-state index contributed by atoms with van der Waals surface area (Å²) in [6.45, 7) is 15.2. The Morgan fingerprint density at radius 1 is 1.11 bits per heavy atom. The highest BCUT2D eigenvalue weighted by Gasteiger charge is 2.39. The molecule has 0 saturated carbocycles. The standard InChI is InChI=1S/C30H41ClN2O3.BrH/c1-9-10-19-16-33(28(32)26(19)18-11-12-25(36-8)23(31)15-18)17-24(34)20-13-21(29(2,3)4)27(35)22(14-20)30(5,6)7;/h11-15,19,26,32,35H,9-10,16-17H2,1-8H3;1H/t19-,26+;/m0./s1. The first-order valence-electron chi connectivity index (χ1n) is 12.8. The predicted molar refractivity (Wildman–Crippen MR) is 159 cm³/mol. The van der Waals surface area contributed by atoms with Gasteiger partial charge in [0.15, 0.2) is 5.78 Å². The van der Waals surface area contributed by atoms with Gasteiger partial charge in [0.1, 0.15) is 17.3 Å². The van der Waals surface area contributed by atoms with Crippen LogP contribution in [0.5, 0.6) is 11.5 Å². The van der Waals surface area contributed by atoms with Gasteiger partial charge in [-0.2, -0.15) is 0 Å². The number of amidine groups is 1. The molecule has 204 valence electrons. The number of hydrogen-bond acceptors (Lipinski definition) is 4. The van der Waals surface area contributed by atoms with Crippen molar-refractivity contribution < 1.29 is 14.6 Å². The predicted octanol–water partition coefficient (Wildman–Crippen LogP) is 7.90. The van der Waals surface area contributed by atoms with Gasteiger partial charge < -0.3 is 14.7 Å². The van der Waals surface area contributed by atoms with Crippen LogP contribution in [0.3, 0.4) is 0 Å². The van der Waals surface area contributed by atoms with Crippen molar-refractivity contribution >= 4 is 40.2 Å². The zero-order chi connectivity index (χ0) is 27.0. The molecule has 2 N–H and O–H groups in total. The number of carbonyl (C=O) groups is 1. The molecule has 1 fully saturated rings. The minimum atomic E-state index is -0.314. The van der Waals surface area contributed by atoms with Gasteiger partial charge >= 0.3 is 0 Å². The number of halogens is 2. The van der Waals surface area contributed by atoms with Crippen molar-refractivity contribution in [3.05, 3.63) is 57.6 Å². The molecule has 37 heavy (non-hydrogen) atoms. The highest BCUT2D eigenvalue weighted by molar-refractivity contribution is 8.93. The number of rotatable bonds is 7. The number of benzene rings is 2. The molecule has 2 aromatic carbocycles. The van der Waals surface area contributed by atoms with Crippen molar-refractivity contribution in [2.45, 2.75) is 78.1 Å². The fourth-order valence-electron chi connectivity index (χ4n) is 5.19. The quantitative estimate of drug-likeness (QED) is 0.320. The highest BCUT2D eigenvalue weighted by atomic mass is 79.9. The smallest absolute Gasteiger partial charge is 0.182 e. The number of ketones is 1. The Labute approximate surface area is 237 Å². The molecular formula is C30H42BrClN2O3. The first-order valence-corrected chi connectivity index (χ1v) is 13.1. The summed E-state index contributed by atoms with van der Waals surface area (Å²) in [5, 5.41) is 20.6. The van der Waals surface area contributed by atoms with Crippen LogP contribution in [0.1, 0.15) is 94.3 Å². The van der Waals surface area contributed by atoms with Gasteiger partial charge in [-0.25, -0.2) is 0 Å². The van der Waals surface area contributed by atoms with Crippen molar-refractivity contribution in [2.75, 3.05) is 20.2 Å². The molecule has 2 aromatic rings. The third kappa shape index (κ3) is 6.69. The van der Waals surface area contributed by atoms with E-state index in [4.69, 9.17) is 21.7 Å². The van der Waals surface area contributed by atoms with Crippen LogP contribution in [0.2, 0.25) is 5.02 Å². The number of likely N-dealkylation sites (tertiary alicyclic amines) is 1. The number of phenolic OH excluding ortho intramolecular Hbond substituents is 1. The van der Waals surface area contributed by atoms with Crippen molar-refractivity contribution in [3.8, 4) is 11.5 Å². The van der Waals surface area contributed by atoms with Crippen LogP contribution >= 0.6 is 28.6 Å². The normalized spacial score (nSPS) is 18.1. The summed E-state index contributed by atoms with van der Waals surface area (Å²) in [5.74, 6) is 1.40. The molecule has 0 spiro atoms. The molecule has 1 heterocycles. The fraction of sp³-hybridized carbons (Fsp3) is 0.533. The number of phenols is 1. The Bertz CT molecular complexity index is 1120. The Hall–Kier alpha value is -2.05. The number of Topliss-reactive ketones (excluding diaryl/α,β-unsaturated/α-hetero) is 1. The van der Waals surface area contributed by atoms with Crippen LogP contribution in [-0.2, 0) is 10.8 Å². The van der Waals surface area contributed by atoms with E-state index in [2.05, 4.69) is 6.92 Å². The van der Waals surface area contributed by atoms with Gasteiger partial charge in [-0.3, -0.25) is 10.2 Å². The summed E-state index contributed by atoms with van der Waals surface area (Å²) in [7, 11) is 1.59. The van der Waals surface area contributed by atoms with Crippen molar-refractivity contribution in [1.29, 1.82) is 5.41 Å². The van der Waals surface area contributed by atoms with Crippen LogP contribution in [0, 0.1) is 11.3 Å². The number of aromatic hydroxyl groups is 1. The van der Waals surface area contributed by atoms with Gasteiger partial charge in [0.25, 0.3) is 0 Å². The third-order valence-corrected chi connectivity index (χ3v) is 7.43. The van der Waals surface area contributed by atoms with Crippen LogP contribution in [0.15, 0.2) is 30.3 Å². The molecular weight excluding hydrogens is 552 g/mol. The number of nitrogens with zero attached hydrogens (tertiary/aromatic N) is 1. The molecule has 7 heteroatoms. The zero-order valence-corrected chi connectivity index (χ0v) is 25.8. The largest absolute Gasteiger partial charge is 0.507 e. The van der Waals surface area contributed by atoms with Gasteiger partial charge in [0.05, 0.1) is 18.7 Å². The van der Waals surface area contributed by atoms with E-state index in [1.165, 1.54) is 0 Å². The van der Waals surface area contributed by atoms with Crippen LogP contribution in [-0.4, -0.2) is 41.8 Å². The first-order chi connectivity index (χ1) is 16.7. The summed E-state index contributed by atoms with van der Waals surface area (Å²) >= 11 is 6.41. The summed E-state index contributed by atoms with van der Waals surface area (Å²) in [5.41, 5.74) is 2.47. The van der Waals surface area contributed by atoms with Gasteiger partial charge in [-0.15, -0.1) is 17.0 Å². The Morgan fingerprint density at radius 3 is 2.14 bits per heavy atom. The molecule has 0 radical (unpaired) electrons. The van der Waals surface area contributed by atoms with Gasteiger partial charge in [0.2, 0.25) is 0 Å². The Balaban J connectivity index is 0.00000481. The molecule has 1 saturated heterocycles.